The van der Waals surface area contributed by atoms with E-state index in [1.807, 2.05) is 0 Å². The van der Waals surface area contributed by atoms with Crippen molar-refractivity contribution in [1.29, 1.82) is 0 Å². The van der Waals surface area contributed by atoms with Gasteiger partial charge in [0.15, 0.2) is 6.61 Å². The molecule has 0 spiro atoms. The molecule has 2 bridgehead atoms. The van der Waals surface area contributed by atoms with Crippen LogP contribution in [0.15, 0.2) is 24.3 Å². The number of imide groups is 1. The molecule has 0 radical (unpaired) electrons. The van der Waals surface area contributed by atoms with Gasteiger partial charge in [-0.25, -0.2) is 0 Å². The average Bonchev–Trinajstić information content (AvgIpc) is 3.30. The number of nitrogens with zero attached hydrogens (tertiary/aromatic N) is 1. The van der Waals surface area contributed by atoms with Crippen LogP contribution in [0.4, 0.5) is 5.69 Å². The zero-order valence-electron chi connectivity index (χ0n) is 14.5. The van der Waals surface area contributed by atoms with Gasteiger partial charge in [0.05, 0.1) is 11.8 Å². The van der Waals surface area contributed by atoms with E-state index in [4.69, 9.17) is 16.3 Å². The molecule has 0 unspecified atom stereocenters. The number of carbonyl (C=O) groups excluding carboxylic acids is 4. The van der Waals surface area contributed by atoms with Crippen molar-refractivity contribution in [2.45, 2.75) is 19.3 Å². The second-order valence-electron chi connectivity index (χ2n) is 7.37. The second-order valence-corrected chi connectivity index (χ2v) is 7.80. The summed E-state index contributed by atoms with van der Waals surface area (Å²) in [5, 5.41) is 3.02. The molecule has 1 saturated heterocycles. The summed E-state index contributed by atoms with van der Waals surface area (Å²) < 4.78 is 4.93. The fourth-order valence-corrected chi connectivity index (χ4v) is 4.90. The predicted octanol–water partition coefficient (Wildman–Crippen LogP) is 1.85. The largest absolute Gasteiger partial charge is 0.454 e. The lowest BCUT2D eigenvalue weighted by Crippen LogP contribution is -2.38. The Morgan fingerprint density at radius 2 is 1.81 bits per heavy atom. The number of carbonyl (C=O) groups is 4. The molecule has 1 N–H and O–H groups in total. The number of nitrogens with one attached hydrogen (secondary N) is 1. The molecule has 3 fully saturated rings. The maximum atomic E-state index is 12.5. The van der Waals surface area contributed by atoms with Crippen molar-refractivity contribution in [2.75, 3.05) is 18.5 Å². The third-order valence-corrected chi connectivity index (χ3v) is 6.01. The van der Waals surface area contributed by atoms with Gasteiger partial charge in [-0.15, -0.1) is 0 Å². The van der Waals surface area contributed by atoms with Gasteiger partial charge in [-0.3, -0.25) is 24.1 Å². The normalized spacial score (nSPS) is 28.4. The van der Waals surface area contributed by atoms with Crippen LogP contribution in [0.3, 0.4) is 0 Å². The summed E-state index contributed by atoms with van der Waals surface area (Å²) in [4.78, 5) is 50.0. The number of hydrogen-bond acceptors (Lipinski definition) is 5. The molecule has 142 valence electrons. The number of likely N-dealkylation sites (tertiary alicyclic amines) is 1. The van der Waals surface area contributed by atoms with Gasteiger partial charge >= 0.3 is 5.97 Å². The molecular formula is C19H19ClN2O5. The van der Waals surface area contributed by atoms with Gasteiger partial charge in [0.1, 0.15) is 6.54 Å². The number of amides is 3. The lowest BCUT2D eigenvalue weighted by Gasteiger charge is -2.19. The summed E-state index contributed by atoms with van der Waals surface area (Å²) in [5.41, 5.74) is 0.483. The minimum absolute atomic E-state index is 0.265. The van der Waals surface area contributed by atoms with E-state index in [0.29, 0.717) is 10.7 Å². The Balaban J connectivity index is 1.29. The highest BCUT2D eigenvalue weighted by atomic mass is 35.5. The first-order valence-electron chi connectivity index (χ1n) is 9.00. The molecule has 0 aromatic heterocycles. The topological polar surface area (TPSA) is 92.8 Å². The summed E-state index contributed by atoms with van der Waals surface area (Å²) in [7, 11) is 0. The molecule has 1 aromatic rings. The van der Waals surface area contributed by atoms with E-state index in [1.54, 1.807) is 24.3 Å². The molecule has 4 atom stereocenters. The van der Waals surface area contributed by atoms with Crippen molar-refractivity contribution >= 4 is 41.0 Å². The molecule has 3 aliphatic rings. The summed E-state index contributed by atoms with van der Waals surface area (Å²) in [6.45, 7) is -0.936. The van der Waals surface area contributed by atoms with E-state index < -0.39 is 25.0 Å². The van der Waals surface area contributed by atoms with Crippen LogP contribution in [0.25, 0.3) is 0 Å². The highest BCUT2D eigenvalue weighted by Gasteiger charge is 2.61. The Bertz CT molecular complexity index is 798. The summed E-state index contributed by atoms with van der Waals surface area (Å²) in [5.74, 6) is -1.84. The second kappa shape index (κ2) is 6.96. The van der Waals surface area contributed by atoms with E-state index in [1.165, 1.54) is 0 Å². The average molecular weight is 391 g/mol. The maximum Gasteiger partial charge on any atom is 0.326 e. The third kappa shape index (κ3) is 3.32. The van der Waals surface area contributed by atoms with Crippen molar-refractivity contribution in [3.63, 3.8) is 0 Å². The van der Waals surface area contributed by atoms with Gasteiger partial charge < -0.3 is 10.1 Å². The maximum absolute atomic E-state index is 12.5. The van der Waals surface area contributed by atoms with E-state index in [9.17, 15) is 19.2 Å². The molecule has 1 aromatic carbocycles. The fourth-order valence-electron chi connectivity index (χ4n) is 4.71. The molecule has 1 aliphatic heterocycles. The number of halogens is 1. The van der Waals surface area contributed by atoms with Crippen molar-refractivity contribution in [3.05, 3.63) is 29.3 Å². The van der Waals surface area contributed by atoms with Gasteiger partial charge in [-0.2, -0.15) is 0 Å². The van der Waals surface area contributed by atoms with E-state index >= 15 is 0 Å². The SMILES string of the molecule is O=C(COC(=O)CN1C(=O)[C@@H]2[C@H]3CC[C@@H](C3)[C@@H]2C1=O)Nc1cccc(Cl)c1. The number of esters is 1. The smallest absolute Gasteiger partial charge is 0.326 e. The first-order valence-corrected chi connectivity index (χ1v) is 9.38. The van der Waals surface area contributed by atoms with Crippen LogP contribution in [-0.4, -0.2) is 41.7 Å². The molecule has 3 amide bonds. The number of hydrogen-bond donors (Lipinski definition) is 1. The Hall–Kier alpha value is -2.41. The van der Waals surface area contributed by atoms with Gasteiger partial charge in [-0.1, -0.05) is 17.7 Å². The van der Waals surface area contributed by atoms with Crippen molar-refractivity contribution in [1.82, 2.24) is 4.90 Å². The van der Waals surface area contributed by atoms with Crippen LogP contribution in [0.2, 0.25) is 5.02 Å². The Labute approximate surface area is 161 Å². The monoisotopic (exact) mass is 390 g/mol. The van der Waals surface area contributed by atoms with Gasteiger partial charge in [-0.05, 0) is 49.3 Å². The Morgan fingerprint density at radius 3 is 2.44 bits per heavy atom. The molecule has 27 heavy (non-hydrogen) atoms. The number of ether oxygens (including phenoxy) is 1. The zero-order valence-corrected chi connectivity index (χ0v) is 15.3. The van der Waals surface area contributed by atoms with Crippen molar-refractivity contribution < 1.29 is 23.9 Å². The predicted molar refractivity (Wildman–Crippen MR) is 95.6 cm³/mol. The van der Waals surface area contributed by atoms with Crippen LogP contribution in [0, 0.1) is 23.7 Å². The molecule has 2 aliphatic carbocycles. The van der Waals surface area contributed by atoms with Crippen molar-refractivity contribution in [3.8, 4) is 0 Å². The highest BCUT2D eigenvalue weighted by Crippen LogP contribution is 2.56. The van der Waals surface area contributed by atoms with Gasteiger partial charge in [0.25, 0.3) is 5.91 Å². The first kappa shape index (κ1) is 18.0. The molecule has 1 heterocycles. The van der Waals surface area contributed by atoms with Crippen LogP contribution < -0.4 is 5.32 Å². The minimum atomic E-state index is -0.773. The Morgan fingerprint density at radius 1 is 1.15 bits per heavy atom. The quantitative estimate of drug-likeness (QED) is 0.611. The zero-order chi connectivity index (χ0) is 19.1. The summed E-state index contributed by atoms with van der Waals surface area (Å²) >= 11 is 5.84. The Kier molecular flexibility index (Phi) is 4.63. The van der Waals surface area contributed by atoms with Crippen LogP contribution in [0.1, 0.15) is 19.3 Å². The first-order chi connectivity index (χ1) is 12.9. The van der Waals surface area contributed by atoms with Gasteiger partial charge in [0.2, 0.25) is 11.8 Å². The summed E-state index contributed by atoms with van der Waals surface area (Å²) in [6, 6.07) is 6.57. The van der Waals surface area contributed by atoms with E-state index in [2.05, 4.69) is 5.32 Å². The number of fused-ring (bicyclic) bond motifs is 5. The lowest BCUT2D eigenvalue weighted by atomic mass is 9.81. The van der Waals surface area contributed by atoms with Crippen LogP contribution in [0.5, 0.6) is 0 Å². The number of benzene rings is 1. The molecule has 4 rings (SSSR count). The van der Waals surface area contributed by atoms with Crippen LogP contribution >= 0.6 is 11.6 Å². The third-order valence-electron chi connectivity index (χ3n) is 5.78. The van der Waals surface area contributed by atoms with Crippen LogP contribution in [-0.2, 0) is 23.9 Å². The van der Waals surface area contributed by atoms with E-state index in [0.717, 1.165) is 24.2 Å². The molecule has 8 heteroatoms. The molecular weight excluding hydrogens is 372 g/mol. The van der Waals surface area contributed by atoms with Crippen molar-refractivity contribution in [2.24, 2.45) is 23.7 Å². The lowest BCUT2D eigenvalue weighted by molar-refractivity contribution is -0.154. The molecule has 7 nitrogen and oxygen atoms in total. The van der Waals surface area contributed by atoms with Gasteiger partial charge in [0, 0.05) is 10.7 Å². The summed E-state index contributed by atoms with van der Waals surface area (Å²) in [6.07, 6.45) is 2.90. The standard InChI is InChI=1S/C19H19ClN2O5/c20-12-2-1-3-13(7-12)21-14(23)9-27-15(24)8-22-18(25)16-10-4-5-11(6-10)17(16)19(22)26/h1-3,7,10-11,16-17H,4-6,8-9H2,(H,21,23)/t10-,11-,16-,17+/m0/s1. The fraction of sp³-hybridized carbons (Fsp3) is 0.474. The number of anilines is 1. The highest BCUT2D eigenvalue weighted by molar-refractivity contribution is 6.30. The molecule has 2 saturated carbocycles. The number of rotatable bonds is 5. The minimum Gasteiger partial charge on any atom is -0.454 e. The van der Waals surface area contributed by atoms with E-state index in [-0.39, 0.29) is 35.5 Å².